The second kappa shape index (κ2) is 11.2. The Morgan fingerprint density at radius 3 is 1.88 bits per heavy atom. The quantitative estimate of drug-likeness (QED) is 0.442. The highest BCUT2D eigenvalue weighted by Gasteiger charge is 2.28. The van der Waals surface area contributed by atoms with E-state index in [1.54, 1.807) is 64.1 Å². The van der Waals surface area contributed by atoms with Crippen LogP contribution in [0, 0.1) is 12.8 Å². The van der Waals surface area contributed by atoms with Crippen molar-refractivity contribution >= 4 is 26.0 Å². The van der Waals surface area contributed by atoms with Gasteiger partial charge in [-0.15, -0.1) is 0 Å². The number of amides is 1. The van der Waals surface area contributed by atoms with Crippen LogP contribution in [0.4, 0.5) is 0 Å². The predicted octanol–water partition coefficient (Wildman–Crippen LogP) is 2.44. The van der Waals surface area contributed by atoms with Crippen LogP contribution in [0.2, 0.25) is 0 Å². The molecular weight excluding hydrogens is 462 g/mol. The van der Waals surface area contributed by atoms with Gasteiger partial charge in [-0.05, 0) is 49.9 Å². The van der Waals surface area contributed by atoms with Crippen LogP contribution in [-0.2, 0) is 37.1 Å². The predicted molar refractivity (Wildman–Crippen MR) is 129 cm³/mol. The molecule has 0 spiro atoms. The zero-order chi connectivity index (χ0) is 24.8. The normalized spacial score (nSPS) is 13.3. The molecule has 2 aromatic carbocycles. The van der Waals surface area contributed by atoms with Crippen molar-refractivity contribution in [1.82, 2.24) is 14.8 Å². The summed E-state index contributed by atoms with van der Waals surface area (Å²) in [6.07, 6.45) is 0. The molecule has 10 heteroatoms. The Hall–Kier alpha value is -2.27. The largest absolute Gasteiger partial charge is 0.351 e. The minimum atomic E-state index is -3.85. The third kappa shape index (κ3) is 8.54. The SMILES string of the molecule is Cc1ccc(S(=O)(=O)N[C@H](C(=O)NCc2ccc(CS(=O)(=O)NC(C)C)cc2)C(C)C)cc1. The Bertz CT molecular complexity index is 1140. The van der Waals surface area contributed by atoms with E-state index >= 15 is 0 Å². The number of hydrogen-bond acceptors (Lipinski definition) is 5. The molecule has 0 saturated heterocycles. The first-order valence-electron chi connectivity index (χ1n) is 10.7. The smallest absolute Gasteiger partial charge is 0.241 e. The molecule has 1 amide bonds. The highest BCUT2D eigenvalue weighted by atomic mass is 32.2. The second-order valence-corrected chi connectivity index (χ2v) is 12.2. The lowest BCUT2D eigenvalue weighted by molar-refractivity contribution is -0.123. The molecule has 0 aliphatic rings. The molecule has 2 rings (SSSR count). The van der Waals surface area contributed by atoms with Crippen molar-refractivity contribution in [2.45, 2.75) is 63.9 Å². The van der Waals surface area contributed by atoms with Crippen molar-refractivity contribution in [3.63, 3.8) is 0 Å². The summed E-state index contributed by atoms with van der Waals surface area (Å²) < 4.78 is 54.6. The van der Waals surface area contributed by atoms with Gasteiger partial charge in [0.15, 0.2) is 0 Å². The molecule has 0 unspecified atom stereocenters. The molecule has 0 aliphatic heterocycles. The standard InChI is InChI=1S/C23H33N3O5S2/c1-16(2)22(26-33(30,31)21-12-6-18(5)7-13-21)23(27)24-14-19-8-10-20(11-9-19)15-32(28,29)25-17(3)4/h6-13,16-17,22,25-26H,14-15H2,1-5H3,(H,24,27)/t22-/m0/s1. The van der Waals surface area contributed by atoms with Crippen molar-refractivity contribution in [1.29, 1.82) is 0 Å². The lowest BCUT2D eigenvalue weighted by Crippen LogP contribution is -2.49. The monoisotopic (exact) mass is 495 g/mol. The van der Waals surface area contributed by atoms with Gasteiger partial charge in [-0.25, -0.2) is 21.6 Å². The second-order valence-electron chi connectivity index (χ2n) is 8.72. The fourth-order valence-electron chi connectivity index (χ4n) is 3.12. The number of rotatable bonds is 11. The summed E-state index contributed by atoms with van der Waals surface area (Å²) in [7, 11) is -7.28. The topological polar surface area (TPSA) is 121 Å². The van der Waals surface area contributed by atoms with Crippen molar-refractivity contribution < 1.29 is 21.6 Å². The Labute approximate surface area is 197 Å². The maximum absolute atomic E-state index is 12.8. The third-order valence-electron chi connectivity index (χ3n) is 4.82. The van der Waals surface area contributed by atoms with Gasteiger partial charge < -0.3 is 5.32 Å². The number of carbonyl (C=O) groups excluding carboxylic acids is 1. The molecule has 0 fully saturated rings. The molecule has 1 atom stereocenters. The first-order valence-corrected chi connectivity index (χ1v) is 13.9. The summed E-state index contributed by atoms with van der Waals surface area (Å²) in [4.78, 5) is 12.9. The van der Waals surface area contributed by atoms with Gasteiger partial charge in [0.25, 0.3) is 0 Å². The lowest BCUT2D eigenvalue weighted by Gasteiger charge is -2.22. The number of sulfonamides is 2. The molecule has 0 saturated carbocycles. The van der Waals surface area contributed by atoms with Gasteiger partial charge >= 0.3 is 0 Å². The maximum Gasteiger partial charge on any atom is 0.241 e. The first-order chi connectivity index (χ1) is 15.3. The van der Waals surface area contributed by atoms with Crippen molar-refractivity contribution in [3.8, 4) is 0 Å². The number of carbonyl (C=O) groups is 1. The fourth-order valence-corrected chi connectivity index (χ4v) is 5.89. The fraction of sp³-hybridized carbons (Fsp3) is 0.435. The van der Waals surface area contributed by atoms with E-state index in [1.165, 1.54) is 12.1 Å². The average molecular weight is 496 g/mol. The summed E-state index contributed by atoms with van der Waals surface area (Å²) in [5.74, 6) is -0.839. The molecule has 2 aromatic rings. The Kier molecular flexibility index (Phi) is 9.19. The van der Waals surface area contributed by atoms with E-state index in [4.69, 9.17) is 0 Å². The minimum Gasteiger partial charge on any atom is -0.351 e. The molecular formula is C23H33N3O5S2. The Morgan fingerprint density at radius 2 is 1.36 bits per heavy atom. The third-order valence-corrected chi connectivity index (χ3v) is 7.83. The zero-order valence-electron chi connectivity index (χ0n) is 19.6. The summed E-state index contributed by atoms with van der Waals surface area (Å²) in [5.41, 5.74) is 2.33. The van der Waals surface area contributed by atoms with E-state index in [0.717, 1.165) is 11.1 Å². The molecule has 182 valence electrons. The van der Waals surface area contributed by atoms with E-state index in [2.05, 4.69) is 14.8 Å². The molecule has 0 aromatic heterocycles. The van der Waals surface area contributed by atoms with Gasteiger partial charge in [0.1, 0.15) is 6.04 Å². The van der Waals surface area contributed by atoms with Gasteiger partial charge in [-0.3, -0.25) is 4.79 Å². The average Bonchev–Trinajstić information content (AvgIpc) is 2.70. The number of hydrogen-bond donors (Lipinski definition) is 3. The van der Waals surface area contributed by atoms with Gasteiger partial charge in [-0.1, -0.05) is 55.8 Å². The van der Waals surface area contributed by atoms with Crippen molar-refractivity contribution in [3.05, 3.63) is 65.2 Å². The highest BCUT2D eigenvalue weighted by molar-refractivity contribution is 7.89. The molecule has 0 aliphatic carbocycles. The molecule has 0 heterocycles. The molecule has 3 N–H and O–H groups in total. The Balaban J connectivity index is 2.01. The number of nitrogens with one attached hydrogen (secondary N) is 3. The zero-order valence-corrected chi connectivity index (χ0v) is 21.3. The number of benzene rings is 2. The van der Waals surface area contributed by atoms with Crippen LogP contribution in [0.15, 0.2) is 53.4 Å². The van der Waals surface area contributed by atoms with Crippen LogP contribution < -0.4 is 14.8 Å². The van der Waals surface area contributed by atoms with Crippen molar-refractivity contribution in [2.75, 3.05) is 0 Å². The summed E-state index contributed by atoms with van der Waals surface area (Å²) in [6, 6.07) is 12.2. The van der Waals surface area contributed by atoms with E-state index in [-0.39, 0.29) is 29.2 Å². The minimum absolute atomic E-state index is 0.101. The van der Waals surface area contributed by atoms with Crippen molar-refractivity contribution in [2.24, 2.45) is 5.92 Å². The van der Waals surface area contributed by atoms with E-state index in [0.29, 0.717) is 5.56 Å². The highest BCUT2D eigenvalue weighted by Crippen LogP contribution is 2.14. The first kappa shape index (κ1) is 27.0. The molecule has 0 radical (unpaired) electrons. The van der Waals surface area contributed by atoms with E-state index < -0.39 is 32.0 Å². The lowest BCUT2D eigenvalue weighted by atomic mass is 10.0. The summed E-state index contributed by atoms with van der Waals surface area (Å²) in [6.45, 7) is 9.10. The Morgan fingerprint density at radius 1 is 0.818 bits per heavy atom. The van der Waals surface area contributed by atoms with Crippen LogP contribution in [0.3, 0.4) is 0 Å². The van der Waals surface area contributed by atoms with Gasteiger partial charge in [0, 0.05) is 12.6 Å². The number of aryl methyl sites for hydroxylation is 1. The van der Waals surface area contributed by atoms with Crippen LogP contribution in [0.1, 0.15) is 44.4 Å². The molecule has 33 heavy (non-hydrogen) atoms. The van der Waals surface area contributed by atoms with E-state index in [1.807, 2.05) is 6.92 Å². The molecule has 8 nitrogen and oxygen atoms in total. The van der Waals surface area contributed by atoms with Gasteiger partial charge in [-0.2, -0.15) is 4.72 Å². The van der Waals surface area contributed by atoms with Crippen LogP contribution in [0.5, 0.6) is 0 Å². The van der Waals surface area contributed by atoms with Crippen LogP contribution in [0.25, 0.3) is 0 Å². The van der Waals surface area contributed by atoms with Gasteiger partial charge in [0.2, 0.25) is 26.0 Å². The van der Waals surface area contributed by atoms with Gasteiger partial charge in [0.05, 0.1) is 10.6 Å². The molecule has 0 bridgehead atoms. The van der Waals surface area contributed by atoms with E-state index in [9.17, 15) is 21.6 Å². The van der Waals surface area contributed by atoms with Crippen LogP contribution in [-0.4, -0.2) is 34.8 Å². The summed E-state index contributed by atoms with van der Waals surface area (Å²) >= 11 is 0. The van der Waals surface area contributed by atoms with Crippen LogP contribution >= 0.6 is 0 Å². The summed E-state index contributed by atoms with van der Waals surface area (Å²) in [5, 5.41) is 2.76. The maximum atomic E-state index is 12.8.